The van der Waals surface area contributed by atoms with Gasteiger partial charge in [-0.3, -0.25) is 0 Å². The average molecular weight is 517 g/mol. The summed E-state index contributed by atoms with van der Waals surface area (Å²) in [6.07, 6.45) is 6.86. The third-order valence-electron chi connectivity index (χ3n) is 6.69. The maximum absolute atomic E-state index is 13.0. The van der Waals surface area contributed by atoms with E-state index in [0.717, 1.165) is 22.7 Å². The van der Waals surface area contributed by atoms with E-state index in [4.69, 9.17) is 14.2 Å². The van der Waals surface area contributed by atoms with Crippen molar-refractivity contribution in [3.63, 3.8) is 0 Å². The van der Waals surface area contributed by atoms with Gasteiger partial charge in [-0.25, -0.2) is 4.79 Å². The maximum atomic E-state index is 13.0. The molecule has 1 N–H and O–H groups in total. The standard InChI is InChI=1S/C30H48O5Si/c1-20(2)22(4)14-15-25(31)28-26(34-30(6,7)35-28)13-11-12-24-19-21(3)18-23(5)27(24)29(32)33-16-17-36(8,9)10/h11-12,14-15,18-20,22,25-26,28,31H,13,16-17H2,1-10H3/b12-11+,15-14-/t22-,25?,26-,28+/m0/s1. The van der Waals surface area contributed by atoms with Crippen LogP contribution in [0.3, 0.4) is 0 Å². The van der Waals surface area contributed by atoms with Crippen LogP contribution in [0.1, 0.15) is 68.1 Å². The van der Waals surface area contributed by atoms with Crippen LogP contribution in [0.25, 0.3) is 6.08 Å². The molecule has 6 heteroatoms. The highest BCUT2D eigenvalue weighted by molar-refractivity contribution is 6.76. The fourth-order valence-electron chi connectivity index (χ4n) is 4.22. The summed E-state index contributed by atoms with van der Waals surface area (Å²) in [5.74, 6) is -0.183. The second kappa shape index (κ2) is 12.7. The minimum absolute atomic E-state index is 0.273. The fourth-order valence-corrected chi connectivity index (χ4v) is 4.93. The Hall–Kier alpha value is -1.73. The van der Waals surface area contributed by atoms with E-state index in [0.29, 0.717) is 30.4 Å². The van der Waals surface area contributed by atoms with Crippen LogP contribution >= 0.6 is 0 Å². The Balaban J connectivity index is 2.17. The lowest BCUT2D eigenvalue weighted by molar-refractivity contribution is -0.152. The Morgan fingerprint density at radius 2 is 1.81 bits per heavy atom. The summed E-state index contributed by atoms with van der Waals surface area (Å²) in [7, 11) is -1.29. The van der Waals surface area contributed by atoms with Crippen molar-refractivity contribution in [2.75, 3.05) is 6.61 Å². The van der Waals surface area contributed by atoms with Crippen molar-refractivity contribution in [2.45, 2.75) is 105 Å². The quantitative estimate of drug-likeness (QED) is 0.196. The molecule has 1 aromatic carbocycles. The van der Waals surface area contributed by atoms with E-state index in [9.17, 15) is 9.90 Å². The number of aliphatic hydroxyl groups is 1. The zero-order valence-corrected chi connectivity index (χ0v) is 25.1. The van der Waals surface area contributed by atoms with Crippen LogP contribution in [-0.2, 0) is 14.2 Å². The van der Waals surface area contributed by atoms with Gasteiger partial charge in [0, 0.05) is 8.07 Å². The first-order valence-corrected chi connectivity index (χ1v) is 17.0. The molecule has 1 heterocycles. The molecule has 1 fully saturated rings. The Labute approximate surface area is 219 Å². The molecule has 0 saturated carbocycles. The van der Waals surface area contributed by atoms with Crippen LogP contribution in [0.2, 0.25) is 25.7 Å². The molecule has 4 atom stereocenters. The molecule has 1 saturated heterocycles. The van der Waals surface area contributed by atoms with Gasteiger partial charge in [0.05, 0.1) is 18.3 Å². The van der Waals surface area contributed by atoms with Crippen molar-refractivity contribution >= 4 is 20.1 Å². The molecule has 0 radical (unpaired) electrons. The fraction of sp³-hybridized carbons (Fsp3) is 0.633. The van der Waals surface area contributed by atoms with E-state index in [-0.39, 0.29) is 12.1 Å². The van der Waals surface area contributed by atoms with Gasteiger partial charge in [-0.05, 0) is 63.1 Å². The number of hydrogen-bond donors (Lipinski definition) is 1. The third-order valence-corrected chi connectivity index (χ3v) is 8.39. The monoisotopic (exact) mass is 516 g/mol. The van der Waals surface area contributed by atoms with Crippen LogP contribution in [0.4, 0.5) is 0 Å². The van der Waals surface area contributed by atoms with Gasteiger partial charge in [-0.1, -0.05) is 82.4 Å². The van der Waals surface area contributed by atoms with Crippen molar-refractivity contribution in [2.24, 2.45) is 11.8 Å². The van der Waals surface area contributed by atoms with E-state index in [1.807, 2.05) is 64.1 Å². The number of benzene rings is 1. The molecule has 1 aliphatic heterocycles. The number of aliphatic hydroxyl groups excluding tert-OH is 1. The smallest absolute Gasteiger partial charge is 0.338 e. The number of carbonyl (C=O) groups excluding carboxylic acids is 1. The van der Waals surface area contributed by atoms with Gasteiger partial charge in [0.25, 0.3) is 0 Å². The summed E-state index contributed by atoms with van der Waals surface area (Å²) in [6, 6.07) is 4.97. The average Bonchev–Trinajstić information content (AvgIpc) is 3.04. The van der Waals surface area contributed by atoms with E-state index in [1.165, 1.54) is 0 Å². The molecular formula is C30H48O5Si. The van der Waals surface area contributed by atoms with Crippen molar-refractivity contribution in [1.29, 1.82) is 0 Å². The molecule has 1 aromatic rings. The van der Waals surface area contributed by atoms with Gasteiger partial charge in [0.2, 0.25) is 0 Å². The highest BCUT2D eigenvalue weighted by atomic mass is 28.3. The molecule has 0 bridgehead atoms. The van der Waals surface area contributed by atoms with E-state index >= 15 is 0 Å². The molecule has 1 unspecified atom stereocenters. The molecule has 36 heavy (non-hydrogen) atoms. The van der Waals surface area contributed by atoms with Gasteiger partial charge in [0.1, 0.15) is 12.2 Å². The van der Waals surface area contributed by atoms with Crippen LogP contribution in [0.5, 0.6) is 0 Å². The molecule has 0 aliphatic carbocycles. The minimum Gasteiger partial charge on any atom is -0.462 e. The number of carbonyl (C=O) groups is 1. The predicted molar refractivity (Wildman–Crippen MR) is 151 cm³/mol. The van der Waals surface area contributed by atoms with E-state index < -0.39 is 26.1 Å². The number of aryl methyl sites for hydroxylation is 2. The predicted octanol–water partition coefficient (Wildman–Crippen LogP) is 6.93. The number of rotatable bonds is 11. The normalized spacial score (nSPS) is 22.0. The lowest BCUT2D eigenvalue weighted by atomic mass is 9.95. The van der Waals surface area contributed by atoms with Gasteiger partial charge < -0.3 is 19.3 Å². The van der Waals surface area contributed by atoms with Crippen molar-refractivity contribution in [3.8, 4) is 0 Å². The molecule has 0 aromatic heterocycles. The summed E-state index contributed by atoms with van der Waals surface area (Å²) in [6.45, 7) is 21.5. The second-order valence-corrected chi connectivity index (χ2v) is 17.9. The first-order valence-electron chi connectivity index (χ1n) is 13.3. The van der Waals surface area contributed by atoms with Gasteiger partial charge in [0.15, 0.2) is 5.79 Å². The summed E-state index contributed by atoms with van der Waals surface area (Å²) in [5.41, 5.74) is 3.45. The maximum Gasteiger partial charge on any atom is 0.338 e. The summed E-state index contributed by atoms with van der Waals surface area (Å²) >= 11 is 0. The zero-order valence-electron chi connectivity index (χ0n) is 24.1. The summed E-state index contributed by atoms with van der Waals surface area (Å²) in [4.78, 5) is 13.0. The number of ether oxygens (including phenoxy) is 3. The van der Waals surface area contributed by atoms with Crippen molar-refractivity contribution in [3.05, 3.63) is 52.6 Å². The lowest BCUT2D eigenvalue weighted by Gasteiger charge is -2.20. The lowest BCUT2D eigenvalue weighted by Crippen LogP contribution is -2.34. The molecule has 1 aliphatic rings. The Bertz CT molecular complexity index is 941. The first kappa shape index (κ1) is 30.5. The number of allylic oxidation sites excluding steroid dienone is 1. The van der Waals surface area contributed by atoms with E-state index in [1.54, 1.807) is 0 Å². The van der Waals surface area contributed by atoms with Crippen molar-refractivity contribution in [1.82, 2.24) is 0 Å². The Kier molecular flexibility index (Phi) is 10.7. The van der Waals surface area contributed by atoms with Crippen LogP contribution in [0, 0.1) is 25.7 Å². The molecule has 0 spiro atoms. The zero-order chi connectivity index (χ0) is 27.3. The highest BCUT2D eigenvalue weighted by Gasteiger charge is 2.43. The molecule has 202 valence electrons. The molecule has 2 rings (SSSR count). The van der Waals surface area contributed by atoms with Crippen LogP contribution < -0.4 is 0 Å². The van der Waals surface area contributed by atoms with Crippen molar-refractivity contribution < 1.29 is 24.1 Å². The molecule has 0 amide bonds. The Morgan fingerprint density at radius 3 is 2.42 bits per heavy atom. The van der Waals surface area contributed by atoms with Crippen LogP contribution in [0.15, 0.2) is 30.4 Å². The SMILES string of the molecule is Cc1cc(C)c(C(=O)OCC[Si](C)(C)C)c(/C=C/C[C@@H]2OC(C)(C)O[C@@H]2C(O)/C=C\[C@H](C)C(C)C)c1. The third kappa shape index (κ3) is 9.29. The molecule has 5 nitrogen and oxygen atoms in total. The Morgan fingerprint density at radius 1 is 1.14 bits per heavy atom. The van der Waals surface area contributed by atoms with Crippen LogP contribution in [-0.4, -0.2) is 49.9 Å². The van der Waals surface area contributed by atoms with E-state index in [2.05, 4.69) is 40.4 Å². The summed E-state index contributed by atoms with van der Waals surface area (Å²) < 4.78 is 17.9. The first-order chi connectivity index (χ1) is 16.6. The number of esters is 1. The molecular weight excluding hydrogens is 468 g/mol. The second-order valence-electron chi connectivity index (χ2n) is 12.2. The summed E-state index contributed by atoms with van der Waals surface area (Å²) in [5, 5.41) is 10.9. The van der Waals surface area contributed by atoms with Gasteiger partial charge in [-0.15, -0.1) is 0 Å². The van der Waals surface area contributed by atoms with Gasteiger partial charge >= 0.3 is 5.97 Å². The topological polar surface area (TPSA) is 65.0 Å². The highest BCUT2D eigenvalue weighted by Crippen LogP contribution is 2.33. The van der Waals surface area contributed by atoms with Gasteiger partial charge in [-0.2, -0.15) is 0 Å². The largest absolute Gasteiger partial charge is 0.462 e. The minimum atomic E-state index is -1.29. The number of hydrogen-bond acceptors (Lipinski definition) is 5.